The van der Waals surface area contributed by atoms with E-state index < -0.39 is 0 Å². The first-order valence-corrected chi connectivity index (χ1v) is 5.68. The van der Waals surface area contributed by atoms with E-state index in [0.29, 0.717) is 18.2 Å². The van der Waals surface area contributed by atoms with Gasteiger partial charge in [-0.05, 0) is 19.4 Å². The highest BCUT2D eigenvalue weighted by Gasteiger charge is 2.04. The lowest BCUT2D eigenvalue weighted by Gasteiger charge is -2.08. The van der Waals surface area contributed by atoms with Crippen LogP contribution in [-0.2, 0) is 0 Å². The van der Waals surface area contributed by atoms with Crippen molar-refractivity contribution in [1.29, 1.82) is 0 Å². The fourth-order valence-corrected chi connectivity index (χ4v) is 1.33. The second kappa shape index (κ2) is 6.27. The first-order valence-electron chi connectivity index (χ1n) is 5.68. The van der Waals surface area contributed by atoms with Crippen molar-refractivity contribution >= 4 is 5.82 Å². The van der Waals surface area contributed by atoms with Crippen LogP contribution in [0, 0.1) is 0 Å². The number of hydrogen-bond acceptors (Lipinski definition) is 4. The smallest absolute Gasteiger partial charge is 0.252 e. The summed E-state index contributed by atoms with van der Waals surface area (Å²) in [4.78, 5) is 18.4. The number of H-pyrrole nitrogens is 1. The van der Waals surface area contributed by atoms with Crippen molar-refractivity contribution in [3.05, 3.63) is 22.2 Å². The van der Waals surface area contributed by atoms with Crippen molar-refractivity contribution < 1.29 is 0 Å². The number of unbranched alkanes of at least 4 members (excludes halogenated alkanes) is 1. The number of nitrogens with one attached hydrogen (secondary N) is 2. The maximum Gasteiger partial charge on any atom is 0.252 e. The standard InChI is InChI=1S/C11H20N4O/c1-8(2)11-14-9(7-10(16)15-11)13-6-4-3-5-12/h7-8H,3-6,12H2,1-2H3,(H2,13,14,15,16). The van der Waals surface area contributed by atoms with Gasteiger partial charge in [-0.3, -0.25) is 4.79 Å². The zero-order valence-electron chi connectivity index (χ0n) is 9.92. The topological polar surface area (TPSA) is 83.8 Å². The van der Waals surface area contributed by atoms with E-state index in [-0.39, 0.29) is 11.5 Å². The summed E-state index contributed by atoms with van der Waals surface area (Å²) < 4.78 is 0. The largest absolute Gasteiger partial charge is 0.370 e. The molecular weight excluding hydrogens is 204 g/mol. The van der Waals surface area contributed by atoms with Gasteiger partial charge in [-0.1, -0.05) is 13.8 Å². The highest BCUT2D eigenvalue weighted by molar-refractivity contribution is 5.33. The maximum absolute atomic E-state index is 11.3. The zero-order valence-corrected chi connectivity index (χ0v) is 9.92. The molecule has 0 aliphatic carbocycles. The Morgan fingerprint density at radius 1 is 1.50 bits per heavy atom. The molecule has 0 bridgehead atoms. The lowest BCUT2D eigenvalue weighted by molar-refractivity contribution is 0.753. The second-order valence-corrected chi connectivity index (χ2v) is 4.09. The van der Waals surface area contributed by atoms with Crippen LogP contribution in [0.1, 0.15) is 38.4 Å². The Morgan fingerprint density at radius 3 is 2.88 bits per heavy atom. The van der Waals surface area contributed by atoms with Crippen molar-refractivity contribution in [3.63, 3.8) is 0 Å². The van der Waals surface area contributed by atoms with Gasteiger partial charge in [0, 0.05) is 18.5 Å². The molecule has 0 fully saturated rings. The fourth-order valence-electron chi connectivity index (χ4n) is 1.33. The van der Waals surface area contributed by atoms with Crippen LogP contribution in [0.5, 0.6) is 0 Å². The van der Waals surface area contributed by atoms with E-state index in [2.05, 4.69) is 15.3 Å². The monoisotopic (exact) mass is 224 g/mol. The van der Waals surface area contributed by atoms with Gasteiger partial charge in [-0.2, -0.15) is 0 Å². The minimum atomic E-state index is -0.111. The summed E-state index contributed by atoms with van der Waals surface area (Å²) in [5.41, 5.74) is 5.29. The molecule has 0 aromatic carbocycles. The Morgan fingerprint density at radius 2 is 2.25 bits per heavy atom. The molecule has 1 aromatic heterocycles. The van der Waals surface area contributed by atoms with Crippen LogP contribution < -0.4 is 16.6 Å². The Kier molecular flexibility index (Phi) is 4.98. The Labute approximate surface area is 95.5 Å². The zero-order chi connectivity index (χ0) is 12.0. The van der Waals surface area contributed by atoms with E-state index >= 15 is 0 Å². The molecule has 0 amide bonds. The quantitative estimate of drug-likeness (QED) is 0.630. The number of aromatic amines is 1. The molecule has 0 spiro atoms. The molecular formula is C11H20N4O. The second-order valence-electron chi connectivity index (χ2n) is 4.09. The summed E-state index contributed by atoms with van der Waals surface area (Å²) in [5.74, 6) is 1.58. The van der Waals surface area contributed by atoms with Crippen LogP contribution in [0.2, 0.25) is 0 Å². The predicted octanol–water partition coefficient (Wildman–Crippen LogP) is 1.04. The summed E-state index contributed by atoms with van der Waals surface area (Å²) in [5, 5.41) is 3.13. The van der Waals surface area contributed by atoms with Crippen LogP contribution in [0.3, 0.4) is 0 Å². The Hall–Kier alpha value is -1.36. The highest BCUT2D eigenvalue weighted by atomic mass is 16.1. The van der Waals surface area contributed by atoms with Gasteiger partial charge >= 0.3 is 0 Å². The third-order valence-electron chi connectivity index (χ3n) is 2.24. The highest BCUT2D eigenvalue weighted by Crippen LogP contribution is 2.08. The number of hydrogen-bond donors (Lipinski definition) is 3. The molecule has 0 saturated carbocycles. The lowest BCUT2D eigenvalue weighted by Crippen LogP contribution is -2.15. The van der Waals surface area contributed by atoms with Gasteiger partial charge in [0.15, 0.2) is 0 Å². The predicted molar refractivity (Wildman–Crippen MR) is 65.7 cm³/mol. The van der Waals surface area contributed by atoms with Gasteiger partial charge in [0.2, 0.25) is 0 Å². The molecule has 0 aliphatic heterocycles. The minimum absolute atomic E-state index is 0.111. The van der Waals surface area contributed by atoms with Crippen molar-refractivity contribution in [2.75, 3.05) is 18.4 Å². The van der Waals surface area contributed by atoms with Crippen molar-refractivity contribution in [2.24, 2.45) is 5.73 Å². The fraction of sp³-hybridized carbons (Fsp3) is 0.636. The van der Waals surface area contributed by atoms with Crippen LogP contribution in [-0.4, -0.2) is 23.1 Å². The molecule has 0 saturated heterocycles. The van der Waals surface area contributed by atoms with Crippen molar-refractivity contribution in [2.45, 2.75) is 32.6 Å². The summed E-state index contributed by atoms with van der Waals surface area (Å²) in [6.07, 6.45) is 1.97. The summed E-state index contributed by atoms with van der Waals surface area (Å²) in [6.45, 7) is 5.49. The van der Waals surface area contributed by atoms with Crippen molar-refractivity contribution in [1.82, 2.24) is 9.97 Å². The van der Waals surface area contributed by atoms with Crippen LogP contribution in [0.4, 0.5) is 5.82 Å². The van der Waals surface area contributed by atoms with Crippen molar-refractivity contribution in [3.8, 4) is 0 Å². The number of anilines is 1. The third-order valence-corrected chi connectivity index (χ3v) is 2.24. The maximum atomic E-state index is 11.3. The van der Waals surface area contributed by atoms with Gasteiger partial charge < -0.3 is 16.0 Å². The number of nitrogens with zero attached hydrogens (tertiary/aromatic N) is 1. The average molecular weight is 224 g/mol. The van der Waals surface area contributed by atoms with E-state index in [1.165, 1.54) is 6.07 Å². The molecule has 16 heavy (non-hydrogen) atoms. The summed E-state index contributed by atoms with van der Waals surface area (Å²) in [7, 11) is 0. The molecule has 1 aromatic rings. The van der Waals surface area contributed by atoms with Gasteiger partial charge in [0.05, 0.1) is 0 Å². The molecule has 0 aliphatic rings. The summed E-state index contributed by atoms with van der Waals surface area (Å²) in [6, 6.07) is 1.48. The van der Waals surface area contributed by atoms with Gasteiger partial charge in [0.1, 0.15) is 11.6 Å². The van der Waals surface area contributed by atoms with E-state index in [1.54, 1.807) is 0 Å². The first-order chi connectivity index (χ1) is 7.63. The summed E-state index contributed by atoms with van der Waals surface area (Å²) >= 11 is 0. The minimum Gasteiger partial charge on any atom is -0.370 e. The molecule has 90 valence electrons. The molecule has 0 radical (unpaired) electrons. The van der Waals surface area contributed by atoms with E-state index in [1.807, 2.05) is 13.8 Å². The third kappa shape index (κ3) is 4.02. The molecule has 5 heteroatoms. The molecule has 1 heterocycles. The van der Waals surface area contributed by atoms with Crippen LogP contribution >= 0.6 is 0 Å². The SMILES string of the molecule is CC(C)c1nc(NCCCCN)cc(=O)[nH]1. The van der Waals surface area contributed by atoms with Crippen LogP contribution in [0.15, 0.2) is 10.9 Å². The average Bonchev–Trinajstić information content (AvgIpc) is 2.23. The number of aromatic nitrogens is 2. The Balaban J connectivity index is 2.62. The lowest BCUT2D eigenvalue weighted by atomic mass is 10.2. The van der Waals surface area contributed by atoms with Gasteiger partial charge in [-0.15, -0.1) is 0 Å². The number of nitrogens with two attached hydrogens (primary N) is 1. The molecule has 0 unspecified atom stereocenters. The van der Waals surface area contributed by atoms with Gasteiger partial charge in [0.25, 0.3) is 5.56 Å². The molecule has 5 nitrogen and oxygen atoms in total. The molecule has 0 atom stereocenters. The van der Waals surface area contributed by atoms with E-state index in [4.69, 9.17) is 5.73 Å². The molecule has 1 rings (SSSR count). The van der Waals surface area contributed by atoms with E-state index in [9.17, 15) is 4.79 Å². The molecule has 4 N–H and O–H groups in total. The Bertz CT molecular complexity index is 372. The van der Waals surface area contributed by atoms with E-state index in [0.717, 1.165) is 19.4 Å². The normalized spacial score (nSPS) is 10.8. The first kappa shape index (κ1) is 12.7. The van der Waals surface area contributed by atoms with Crippen LogP contribution in [0.25, 0.3) is 0 Å². The number of rotatable bonds is 6. The van der Waals surface area contributed by atoms with Gasteiger partial charge in [-0.25, -0.2) is 4.98 Å².